The van der Waals surface area contributed by atoms with E-state index >= 15 is 0 Å². The molecule has 2 N–H and O–H groups in total. The van der Waals surface area contributed by atoms with Crippen LogP contribution >= 0.6 is 15.9 Å². The summed E-state index contributed by atoms with van der Waals surface area (Å²) in [6, 6.07) is 23.6. The minimum Gasteiger partial charge on any atom is -0.507 e. The van der Waals surface area contributed by atoms with Crippen molar-refractivity contribution in [2.45, 2.75) is 0 Å². The maximum atomic E-state index is 12.3. The molecule has 0 bridgehead atoms. The Morgan fingerprint density at radius 2 is 1.44 bits per heavy atom. The monoisotopic (exact) mass is 394 g/mol. The first kappa shape index (κ1) is 16.9. The van der Waals surface area contributed by atoms with Gasteiger partial charge in [-0.05, 0) is 24.3 Å². The van der Waals surface area contributed by atoms with E-state index in [2.05, 4.69) is 26.5 Å². The quantitative estimate of drug-likeness (QED) is 0.510. The Morgan fingerprint density at radius 3 is 2.12 bits per heavy atom. The molecule has 0 unspecified atom stereocenters. The number of phenolic OH excluding ortho intramolecular Hbond substituents is 1. The Labute approximate surface area is 154 Å². The number of halogens is 1. The number of para-hydroxylation sites is 1. The number of benzene rings is 3. The maximum absolute atomic E-state index is 12.3. The summed E-state index contributed by atoms with van der Waals surface area (Å²) < 4.78 is 0.960. The molecular weight excluding hydrogens is 380 g/mol. The van der Waals surface area contributed by atoms with Crippen LogP contribution in [0.3, 0.4) is 0 Å². The number of nitrogens with one attached hydrogen (secondary N) is 1. The average molecular weight is 395 g/mol. The highest BCUT2D eigenvalue weighted by molar-refractivity contribution is 9.10. The molecule has 3 aromatic rings. The lowest BCUT2D eigenvalue weighted by atomic mass is 10.0. The first-order valence-corrected chi connectivity index (χ1v) is 8.42. The minimum atomic E-state index is -0.469. The zero-order valence-electron chi connectivity index (χ0n) is 13.2. The summed E-state index contributed by atoms with van der Waals surface area (Å²) >= 11 is 3.41. The smallest absolute Gasteiger partial charge is 0.275 e. The molecule has 0 spiro atoms. The Kier molecular flexibility index (Phi) is 5.26. The van der Waals surface area contributed by atoms with Gasteiger partial charge in [0.1, 0.15) is 5.75 Å². The van der Waals surface area contributed by atoms with Gasteiger partial charge in [0.15, 0.2) is 0 Å². The number of hydrazone groups is 1. The fraction of sp³-hybridized carbons (Fsp3) is 0. The van der Waals surface area contributed by atoms with Gasteiger partial charge in [0.25, 0.3) is 5.91 Å². The van der Waals surface area contributed by atoms with Gasteiger partial charge in [-0.2, -0.15) is 5.10 Å². The molecule has 0 saturated heterocycles. The summed E-state index contributed by atoms with van der Waals surface area (Å²) in [5, 5.41) is 14.1. The predicted molar refractivity (Wildman–Crippen MR) is 102 cm³/mol. The lowest BCUT2D eigenvalue weighted by molar-refractivity contribution is 0.0952. The van der Waals surface area contributed by atoms with Crippen molar-refractivity contribution in [2.75, 3.05) is 0 Å². The lowest BCUT2D eigenvalue weighted by Gasteiger charge is -2.09. The third-order valence-electron chi connectivity index (χ3n) is 3.58. The van der Waals surface area contributed by atoms with Crippen LogP contribution in [0.2, 0.25) is 0 Å². The van der Waals surface area contributed by atoms with Crippen LogP contribution in [-0.4, -0.2) is 16.7 Å². The fourth-order valence-electron chi connectivity index (χ4n) is 2.33. The Hall–Kier alpha value is -2.92. The number of carbonyl (C=O) groups excluding carboxylic acids is 1. The molecule has 0 aromatic heterocycles. The SMILES string of the molecule is O=C(N/N=C(/c1ccccc1)c1ccc(Br)cc1)c1ccccc1O. The average Bonchev–Trinajstić information content (AvgIpc) is 2.64. The predicted octanol–water partition coefficient (Wildman–Crippen LogP) is 4.34. The number of aromatic hydroxyl groups is 1. The summed E-state index contributed by atoms with van der Waals surface area (Å²) in [5.41, 5.74) is 5.08. The molecule has 3 rings (SSSR count). The Bertz CT molecular complexity index is 906. The van der Waals surface area contributed by atoms with E-state index in [1.807, 2.05) is 54.6 Å². The number of carbonyl (C=O) groups is 1. The molecule has 0 aliphatic carbocycles. The number of nitrogens with zero attached hydrogens (tertiary/aromatic N) is 1. The summed E-state index contributed by atoms with van der Waals surface area (Å²) in [6.45, 7) is 0. The molecule has 3 aromatic carbocycles. The Morgan fingerprint density at radius 1 is 0.840 bits per heavy atom. The fourth-order valence-corrected chi connectivity index (χ4v) is 2.60. The van der Waals surface area contributed by atoms with Crippen LogP contribution in [0.4, 0.5) is 0 Å². The van der Waals surface area contributed by atoms with Crippen molar-refractivity contribution in [3.63, 3.8) is 0 Å². The van der Waals surface area contributed by atoms with Gasteiger partial charge < -0.3 is 5.11 Å². The highest BCUT2D eigenvalue weighted by Crippen LogP contribution is 2.17. The zero-order valence-corrected chi connectivity index (χ0v) is 14.8. The summed E-state index contributed by atoms with van der Waals surface area (Å²) in [4.78, 5) is 12.3. The van der Waals surface area contributed by atoms with Crippen molar-refractivity contribution in [3.05, 3.63) is 100 Å². The van der Waals surface area contributed by atoms with Crippen LogP contribution in [-0.2, 0) is 0 Å². The molecule has 0 aliphatic heterocycles. The second-order valence-corrected chi connectivity index (χ2v) is 6.21. The highest BCUT2D eigenvalue weighted by atomic mass is 79.9. The van der Waals surface area contributed by atoms with E-state index in [0.717, 1.165) is 15.6 Å². The number of phenols is 1. The van der Waals surface area contributed by atoms with Crippen LogP contribution in [0.25, 0.3) is 0 Å². The summed E-state index contributed by atoms with van der Waals surface area (Å²) in [6.07, 6.45) is 0. The van der Waals surface area contributed by atoms with Crippen molar-refractivity contribution in [1.82, 2.24) is 5.43 Å². The molecule has 25 heavy (non-hydrogen) atoms. The van der Waals surface area contributed by atoms with Crippen LogP contribution in [0, 0.1) is 0 Å². The van der Waals surface area contributed by atoms with Gasteiger partial charge in [-0.15, -0.1) is 0 Å². The number of hydrogen-bond donors (Lipinski definition) is 2. The Balaban J connectivity index is 1.94. The van der Waals surface area contributed by atoms with E-state index < -0.39 is 5.91 Å². The maximum Gasteiger partial charge on any atom is 0.275 e. The highest BCUT2D eigenvalue weighted by Gasteiger charge is 2.11. The lowest BCUT2D eigenvalue weighted by Crippen LogP contribution is -2.20. The molecule has 0 saturated carbocycles. The van der Waals surface area contributed by atoms with Crippen molar-refractivity contribution in [1.29, 1.82) is 0 Å². The van der Waals surface area contributed by atoms with Gasteiger partial charge >= 0.3 is 0 Å². The number of rotatable bonds is 4. The van der Waals surface area contributed by atoms with Gasteiger partial charge in [-0.3, -0.25) is 4.79 Å². The summed E-state index contributed by atoms with van der Waals surface area (Å²) in [7, 11) is 0. The van der Waals surface area contributed by atoms with Crippen molar-refractivity contribution >= 4 is 27.5 Å². The second-order valence-electron chi connectivity index (χ2n) is 5.29. The normalized spacial score (nSPS) is 11.2. The third kappa shape index (κ3) is 4.14. The number of hydrogen-bond acceptors (Lipinski definition) is 3. The standard InChI is InChI=1S/C20H15BrN2O2/c21-16-12-10-15(11-13-16)19(14-6-2-1-3-7-14)22-23-20(25)17-8-4-5-9-18(17)24/h1-13,24H,(H,23,25)/b22-19-. The van der Waals surface area contributed by atoms with E-state index in [9.17, 15) is 9.90 Å². The molecule has 0 radical (unpaired) electrons. The van der Waals surface area contributed by atoms with Gasteiger partial charge in [-0.1, -0.05) is 70.5 Å². The van der Waals surface area contributed by atoms with Crippen molar-refractivity contribution in [2.24, 2.45) is 5.10 Å². The zero-order chi connectivity index (χ0) is 17.6. The molecule has 0 atom stereocenters. The van der Waals surface area contributed by atoms with Crippen LogP contribution in [0.5, 0.6) is 5.75 Å². The van der Waals surface area contributed by atoms with E-state index in [1.165, 1.54) is 6.07 Å². The minimum absolute atomic E-state index is 0.0832. The van der Waals surface area contributed by atoms with Gasteiger partial charge in [0.2, 0.25) is 0 Å². The molecule has 124 valence electrons. The van der Waals surface area contributed by atoms with Crippen LogP contribution < -0.4 is 5.43 Å². The number of amides is 1. The van der Waals surface area contributed by atoms with E-state index in [-0.39, 0.29) is 11.3 Å². The molecule has 5 heteroatoms. The van der Waals surface area contributed by atoms with E-state index in [1.54, 1.807) is 18.2 Å². The van der Waals surface area contributed by atoms with E-state index in [4.69, 9.17) is 0 Å². The third-order valence-corrected chi connectivity index (χ3v) is 4.11. The van der Waals surface area contributed by atoms with E-state index in [0.29, 0.717) is 5.71 Å². The first-order valence-electron chi connectivity index (χ1n) is 7.62. The molecule has 4 nitrogen and oxygen atoms in total. The van der Waals surface area contributed by atoms with Crippen molar-refractivity contribution in [3.8, 4) is 5.75 Å². The first-order chi connectivity index (χ1) is 12.1. The molecule has 1 amide bonds. The molecule has 0 fully saturated rings. The molecule has 0 aliphatic rings. The topological polar surface area (TPSA) is 61.7 Å². The summed E-state index contributed by atoms with van der Waals surface area (Å²) in [5.74, 6) is -0.552. The van der Waals surface area contributed by atoms with Gasteiger partial charge in [0, 0.05) is 15.6 Å². The van der Waals surface area contributed by atoms with Gasteiger partial charge in [0.05, 0.1) is 11.3 Å². The molecular formula is C20H15BrN2O2. The second kappa shape index (κ2) is 7.77. The van der Waals surface area contributed by atoms with Crippen LogP contribution in [0.1, 0.15) is 21.5 Å². The van der Waals surface area contributed by atoms with Crippen LogP contribution in [0.15, 0.2) is 88.4 Å². The van der Waals surface area contributed by atoms with Crippen molar-refractivity contribution < 1.29 is 9.90 Å². The largest absolute Gasteiger partial charge is 0.507 e. The van der Waals surface area contributed by atoms with Gasteiger partial charge in [-0.25, -0.2) is 5.43 Å². The molecule has 0 heterocycles.